The molecular weight excluding hydrogens is 454 g/mol. The van der Waals surface area contributed by atoms with E-state index in [1.807, 2.05) is 48.5 Å². The minimum absolute atomic E-state index is 0.214. The molecule has 3 aromatic rings. The van der Waals surface area contributed by atoms with Crippen LogP contribution >= 0.6 is 23.8 Å². The molecule has 1 heterocycles. The van der Waals surface area contributed by atoms with Gasteiger partial charge in [-0.25, -0.2) is 0 Å². The molecular formula is C26H26ClN3O2S. The maximum atomic E-state index is 12.6. The molecule has 0 aromatic heterocycles. The van der Waals surface area contributed by atoms with E-state index in [4.69, 9.17) is 28.6 Å². The molecule has 3 aromatic carbocycles. The second-order valence-corrected chi connectivity index (χ2v) is 8.74. The number of amides is 1. The Kier molecular flexibility index (Phi) is 7.81. The van der Waals surface area contributed by atoms with Crippen molar-refractivity contribution in [2.75, 3.05) is 23.3 Å². The summed E-state index contributed by atoms with van der Waals surface area (Å²) in [5, 5.41) is 6.62. The van der Waals surface area contributed by atoms with Crippen LogP contribution in [0.25, 0.3) is 0 Å². The number of carbonyl (C=O) groups excluding carboxylic acids is 1. The SMILES string of the molecule is O=C(NC(=S)Nc1ccc(N2CCCCC2)c(Cl)c1)c1ccc(OCc2ccccc2)cc1. The standard InChI is InChI=1S/C26H26ClN3O2S/c27-23-17-21(11-14-24(23)30-15-5-2-6-16-30)28-26(33)29-25(31)20-9-12-22(13-10-20)32-18-19-7-3-1-4-8-19/h1,3-4,7-14,17H,2,5-6,15-16,18H2,(H2,28,29,31,33). The van der Waals surface area contributed by atoms with Crippen LogP contribution in [0.3, 0.4) is 0 Å². The number of thiocarbonyl (C=S) groups is 1. The van der Waals surface area contributed by atoms with E-state index in [1.165, 1.54) is 19.3 Å². The number of ether oxygens (including phenoxy) is 1. The lowest BCUT2D eigenvalue weighted by molar-refractivity contribution is 0.0977. The molecule has 5 nitrogen and oxygen atoms in total. The zero-order chi connectivity index (χ0) is 23.0. The van der Waals surface area contributed by atoms with Crippen LogP contribution in [0.5, 0.6) is 5.75 Å². The molecule has 7 heteroatoms. The van der Waals surface area contributed by atoms with Gasteiger partial charge in [-0.15, -0.1) is 0 Å². The molecule has 33 heavy (non-hydrogen) atoms. The second-order valence-electron chi connectivity index (χ2n) is 7.92. The third-order valence-electron chi connectivity index (χ3n) is 5.49. The Morgan fingerprint density at radius 2 is 1.70 bits per heavy atom. The van der Waals surface area contributed by atoms with Crippen LogP contribution in [0.15, 0.2) is 72.8 Å². The summed E-state index contributed by atoms with van der Waals surface area (Å²) in [6.07, 6.45) is 3.64. The largest absolute Gasteiger partial charge is 0.489 e. The lowest BCUT2D eigenvalue weighted by atomic mass is 10.1. The fourth-order valence-corrected chi connectivity index (χ4v) is 4.27. The van der Waals surface area contributed by atoms with Gasteiger partial charge in [0.25, 0.3) is 5.91 Å². The average Bonchev–Trinajstić information content (AvgIpc) is 2.84. The number of nitrogens with zero attached hydrogens (tertiary/aromatic N) is 1. The van der Waals surface area contributed by atoms with Crippen LogP contribution in [0.2, 0.25) is 5.02 Å². The van der Waals surface area contributed by atoms with Crippen molar-refractivity contribution in [2.45, 2.75) is 25.9 Å². The molecule has 170 valence electrons. The van der Waals surface area contributed by atoms with E-state index in [0.717, 1.165) is 30.0 Å². The highest BCUT2D eigenvalue weighted by atomic mass is 35.5. The maximum absolute atomic E-state index is 12.6. The van der Waals surface area contributed by atoms with Crippen LogP contribution in [0.1, 0.15) is 35.2 Å². The number of piperidine rings is 1. The summed E-state index contributed by atoms with van der Waals surface area (Å²) in [5.41, 5.74) is 3.34. The van der Waals surface area contributed by atoms with Crippen molar-refractivity contribution in [2.24, 2.45) is 0 Å². The molecule has 0 saturated carbocycles. The minimum atomic E-state index is -0.293. The van der Waals surface area contributed by atoms with Crippen LogP contribution < -0.4 is 20.3 Å². The summed E-state index contributed by atoms with van der Waals surface area (Å²) >= 11 is 11.8. The highest BCUT2D eigenvalue weighted by Crippen LogP contribution is 2.30. The Hall–Kier alpha value is -3.09. The van der Waals surface area contributed by atoms with Gasteiger partial charge in [0.2, 0.25) is 0 Å². The van der Waals surface area contributed by atoms with Gasteiger partial charge in [-0.2, -0.15) is 0 Å². The number of rotatable bonds is 6. The predicted molar refractivity (Wildman–Crippen MR) is 138 cm³/mol. The Morgan fingerprint density at radius 1 is 0.970 bits per heavy atom. The van der Waals surface area contributed by atoms with Gasteiger partial charge in [0, 0.05) is 24.3 Å². The van der Waals surface area contributed by atoms with E-state index in [0.29, 0.717) is 22.9 Å². The monoisotopic (exact) mass is 479 g/mol. The lowest BCUT2D eigenvalue weighted by Gasteiger charge is -2.29. The van der Waals surface area contributed by atoms with Crippen LogP contribution in [-0.2, 0) is 6.61 Å². The quantitative estimate of drug-likeness (QED) is 0.422. The summed E-state index contributed by atoms with van der Waals surface area (Å²) in [4.78, 5) is 14.9. The zero-order valence-electron chi connectivity index (χ0n) is 18.2. The van der Waals surface area contributed by atoms with E-state index < -0.39 is 0 Å². The molecule has 0 atom stereocenters. The number of hydrogen-bond donors (Lipinski definition) is 2. The molecule has 2 N–H and O–H groups in total. The van der Waals surface area contributed by atoms with Crippen LogP contribution in [-0.4, -0.2) is 24.1 Å². The Bertz CT molecular complexity index is 1100. The molecule has 1 fully saturated rings. The number of carbonyl (C=O) groups is 1. The molecule has 1 amide bonds. The van der Waals surface area contributed by atoms with Crippen molar-refractivity contribution in [3.05, 3.63) is 88.9 Å². The third kappa shape index (κ3) is 6.46. The summed E-state index contributed by atoms with van der Waals surface area (Å²) in [6.45, 7) is 2.52. The Labute approximate surface area is 204 Å². The van der Waals surface area contributed by atoms with Crippen LogP contribution in [0.4, 0.5) is 11.4 Å². The second kappa shape index (κ2) is 11.2. The topological polar surface area (TPSA) is 53.6 Å². The first-order valence-corrected chi connectivity index (χ1v) is 11.8. The third-order valence-corrected chi connectivity index (χ3v) is 6.00. The van der Waals surface area contributed by atoms with Gasteiger partial charge in [0.05, 0.1) is 10.7 Å². The minimum Gasteiger partial charge on any atom is -0.489 e. The number of anilines is 2. The fraction of sp³-hybridized carbons (Fsp3) is 0.231. The normalized spacial score (nSPS) is 13.3. The van der Waals surface area contributed by atoms with Crippen molar-refractivity contribution in [3.8, 4) is 5.75 Å². The van der Waals surface area contributed by atoms with Crippen molar-refractivity contribution in [3.63, 3.8) is 0 Å². The van der Waals surface area contributed by atoms with Crippen LogP contribution in [0, 0.1) is 0 Å². The summed E-state index contributed by atoms with van der Waals surface area (Å²) < 4.78 is 5.77. The van der Waals surface area contributed by atoms with Gasteiger partial charge in [-0.1, -0.05) is 41.9 Å². The molecule has 0 spiro atoms. The highest BCUT2D eigenvalue weighted by molar-refractivity contribution is 7.80. The summed E-state index contributed by atoms with van der Waals surface area (Å²) in [7, 11) is 0. The average molecular weight is 480 g/mol. The van der Waals surface area contributed by atoms with Gasteiger partial charge in [-0.05, 0) is 79.5 Å². The fourth-order valence-electron chi connectivity index (χ4n) is 3.76. The summed E-state index contributed by atoms with van der Waals surface area (Å²) in [6, 6.07) is 22.6. The molecule has 0 unspecified atom stereocenters. The molecule has 1 aliphatic rings. The van der Waals surface area contributed by atoms with Gasteiger partial charge >= 0.3 is 0 Å². The van der Waals surface area contributed by atoms with E-state index in [1.54, 1.807) is 24.3 Å². The van der Waals surface area contributed by atoms with Crippen molar-refractivity contribution >= 4 is 46.2 Å². The van der Waals surface area contributed by atoms with Gasteiger partial charge in [0.15, 0.2) is 5.11 Å². The van der Waals surface area contributed by atoms with Gasteiger partial charge in [0.1, 0.15) is 12.4 Å². The number of halogens is 1. The van der Waals surface area contributed by atoms with Gasteiger partial charge in [-0.3, -0.25) is 10.1 Å². The number of hydrogen-bond acceptors (Lipinski definition) is 4. The van der Waals surface area contributed by atoms with E-state index in [9.17, 15) is 4.79 Å². The molecule has 1 saturated heterocycles. The number of nitrogens with one attached hydrogen (secondary N) is 2. The molecule has 0 radical (unpaired) electrons. The first-order valence-electron chi connectivity index (χ1n) is 11.0. The number of benzene rings is 3. The highest BCUT2D eigenvalue weighted by Gasteiger charge is 2.15. The van der Waals surface area contributed by atoms with Crippen molar-refractivity contribution in [1.82, 2.24) is 5.32 Å². The molecule has 0 aliphatic carbocycles. The van der Waals surface area contributed by atoms with Gasteiger partial charge < -0.3 is 15.0 Å². The zero-order valence-corrected chi connectivity index (χ0v) is 19.8. The van der Waals surface area contributed by atoms with Crippen molar-refractivity contribution < 1.29 is 9.53 Å². The maximum Gasteiger partial charge on any atom is 0.257 e. The molecule has 1 aliphatic heterocycles. The van der Waals surface area contributed by atoms with E-state index in [-0.39, 0.29) is 11.0 Å². The smallest absolute Gasteiger partial charge is 0.257 e. The first kappa shape index (κ1) is 23.1. The lowest BCUT2D eigenvalue weighted by Crippen LogP contribution is -2.34. The van der Waals surface area contributed by atoms with Crippen molar-refractivity contribution in [1.29, 1.82) is 0 Å². The van der Waals surface area contributed by atoms with E-state index >= 15 is 0 Å². The Morgan fingerprint density at radius 3 is 2.39 bits per heavy atom. The predicted octanol–water partition coefficient (Wildman–Crippen LogP) is 6.04. The van der Waals surface area contributed by atoms with E-state index in [2.05, 4.69) is 15.5 Å². The summed E-state index contributed by atoms with van der Waals surface area (Å²) in [5.74, 6) is 0.401. The molecule has 0 bridgehead atoms. The Balaban J connectivity index is 1.29. The molecule has 4 rings (SSSR count). The first-order chi connectivity index (χ1) is 16.1.